The number of benzene rings is 1. The summed E-state index contributed by atoms with van der Waals surface area (Å²) >= 11 is 4.19. The first-order valence-corrected chi connectivity index (χ1v) is 13.3. The van der Waals surface area contributed by atoms with E-state index in [1.165, 1.54) is 17.9 Å². The maximum Gasteiger partial charge on any atom is 0.184 e. The highest BCUT2D eigenvalue weighted by Crippen LogP contribution is 2.55. The van der Waals surface area contributed by atoms with Crippen molar-refractivity contribution in [2.45, 2.75) is 68.4 Å². The van der Waals surface area contributed by atoms with Crippen molar-refractivity contribution in [3.05, 3.63) is 29.8 Å². The Hall–Kier alpha value is -0.440. The highest BCUT2D eigenvalue weighted by molar-refractivity contribution is 8.18. The Morgan fingerprint density at radius 1 is 1.06 bits per heavy atom. The summed E-state index contributed by atoms with van der Waals surface area (Å²) in [6.07, 6.45) is 2.00. The number of hydrogen-bond acceptors (Lipinski definition) is 7. The van der Waals surface area contributed by atoms with Crippen molar-refractivity contribution in [2.24, 2.45) is 11.8 Å². The molecular weight excluding hydrogens is 436 g/mol. The minimum absolute atomic E-state index is 0.0287. The smallest absolute Gasteiger partial charge is 0.184 e. The van der Waals surface area contributed by atoms with Gasteiger partial charge in [0.1, 0.15) is 11.9 Å². The maximum absolute atomic E-state index is 6.65. The molecule has 0 radical (unpaired) electrons. The summed E-state index contributed by atoms with van der Waals surface area (Å²) in [4.78, 5) is 0. The Bertz CT molecular complexity index is 702. The highest BCUT2D eigenvalue weighted by Gasteiger charge is 2.52. The third-order valence-corrected chi connectivity index (χ3v) is 10.4. The predicted molar refractivity (Wildman–Crippen MR) is 127 cm³/mol. The molecule has 1 aromatic carbocycles. The van der Waals surface area contributed by atoms with Crippen LogP contribution in [0.3, 0.4) is 0 Å². The molecule has 3 saturated heterocycles. The second-order valence-corrected chi connectivity index (χ2v) is 12.2. The summed E-state index contributed by atoms with van der Waals surface area (Å²) in [5, 5.41) is 0. The van der Waals surface area contributed by atoms with Crippen LogP contribution in [0.5, 0.6) is 5.75 Å². The number of thioether (sulfide) groups is 2. The zero-order valence-electron chi connectivity index (χ0n) is 19.2. The van der Waals surface area contributed by atoms with Crippen LogP contribution >= 0.6 is 23.5 Å². The van der Waals surface area contributed by atoms with E-state index in [0.717, 1.165) is 24.3 Å². The molecule has 0 spiro atoms. The standard InChI is InChI=1S/C24H36O5S2/c1-15(2)21-22(26-5)19(28-23(29-21)17-7-9-18(25-4)10-8-17)13-24(16(3)20-14-27-20)30-11-6-12-31-24/h7-10,15-16,19-23H,6,11-14H2,1-5H3/t16-,19+,20-,21-,22-,23?/m1/s1/i13+1,16+1,19+1,20+1. The number of epoxide rings is 1. The van der Waals surface area contributed by atoms with E-state index in [-0.39, 0.29) is 22.4 Å². The molecule has 0 bridgehead atoms. The lowest BCUT2D eigenvalue weighted by atomic mass is 10.0. The second kappa shape index (κ2) is 10.2. The van der Waals surface area contributed by atoms with E-state index in [1.807, 2.05) is 24.3 Å². The third kappa shape index (κ3) is 5.22. The summed E-state index contributed by atoms with van der Waals surface area (Å²) in [5.41, 5.74) is 1.02. The summed E-state index contributed by atoms with van der Waals surface area (Å²) in [6, 6.07) is 7.99. The number of ether oxygens (including phenoxy) is 5. The Labute approximate surface area is 195 Å². The average molecular weight is 473 g/mol. The van der Waals surface area contributed by atoms with Crippen molar-refractivity contribution >= 4 is 23.5 Å². The molecule has 1 aromatic rings. The summed E-state index contributed by atoms with van der Waals surface area (Å²) in [6.45, 7) is 7.63. The fraction of sp³-hybridized carbons (Fsp3) is 0.750. The van der Waals surface area contributed by atoms with Crippen molar-refractivity contribution in [2.75, 3.05) is 32.3 Å². The van der Waals surface area contributed by atoms with Gasteiger partial charge in [0.15, 0.2) is 6.29 Å². The van der Waals surface area contributed by atoms with Crippen LogP contribution in [0.15, 0.2) is 24.3 Å². The van der Waals surface area contributed by atoms with E-state index in [2.05, 4.69) is 44.3 Å². The van der Waals surface area contributed by atoms with Gasteiger partial charge >= 0.3 is 0 Å². The Balaban J connectivity index is 1.60. The van der Waals surface area contributed by atoms with Gasteiger partial charge in [-0.3, -0.25) is 0 Å². The Morgan fingerprint density at radius 2 is 1.74 bits per heavy atom. The average Bonchev–Trinajstić information content (AvgIpc) is 3.64. The summed E-state index contributed by atoms with van der Waals surface area (Å²) in [5.74, 6) is 4.02. The van der Waals surface area contributed by atoms with Gasteiger partial charge in [-0.15, -0.1) is 23.5 Å². The van der Waals surface area contributed by atoms with E-state index >= 15 is 0 Å². The van der Waals surface area contributed by atoms with Crippen molar-refractivity contribution in [3.8, 4) is 5.75 Å². The molecule has 7 heteroatoms. The normalized spacial score (nSPS) is 33.8. The molecule has 31 heavy (non-hydrogen) atoms. The molecule has 3 fully saturated rings. The lowest BCUT2D eigenvalue weighted by molar-refractivity contribution is -0.302. The summed E-state index contributed by atoms with van der Waals surface area (Å²) in [7, 11) is 3.47. The molecule has 3 heterocycles. The molecule has 174 valence electrons. The van der Waals surface area contributed by atoms with Crippen molar-refractivity contribution in [1.29, 1.82) is 0 Å². The van der Waals surface area contributed by atoms with Gasteiger partial charge in [-0.1, -0.05) is 32.9 Å². The van der Waals surface area contributed by atoms with Crippen LogP contribution in [-0.2, 0) is 18.9 Å². The van der Waals surface area contributed by atoms with Gasteiger partial charge < -0.3 is 23.7 Å². The molecule has 0 saturated carbocycles. The van der Waals surface area contributed by atoms with Gasteiger partial charge in [0.2, 0.25) is 0 Å². The molecule has 0 N–H and O–H groups in total. The fourth-order valence-electron chi connectivity index (χ4n) is 4.67. The first-order chi connectivity index (χ1) is 15.0. The lowest BCUT2D eigenvalue weighted by Gasteiger charge is -2.48. The zero-order valence-corrected chi connectivity index (χ0v) is 20.9. The largest absolute Gasteiger partial charge is 0.497 e. The molecular formula is C24H36O5S2. The molecule has 3 aliphatic heterocycles. The molecule has 0 amide bonds. The predicted octanol–water partition coefficient (Wildman–Crippen LogP) is 5.14. The first kappa shape index (κ1) is 23.7. The topological polar surface area (TPSA) is 49.5 Å². The van der Waals surface area contributed by atoms with Crippen molar-refractivity contribution in [1.82, 2.24) is 0 Å². The van der Waals surface area contributed by atoms with E-state index in [0.29, 0.717) is 17.9 Å². The minimum atomic E-state index is -0.405. The van der Waals surface area contributed by atoms with Crippen LogP contribution in [0.4, 0.5) is 0 Å². The van der Waals surface area contributed by atoms with Crippen LogP contribution in [-0.4, -0.2) is 60.8 Å². The monoisotopic (exact) mass is 472 g/mol. The van der Waals surface area contributed by atoms with Gasteiger partial charge in [-0.2, -0.15) is 0 Å². The second-order valence-electron chi connectivity index (χ2n) is 9.05. The Kier molecular flexibility index (Phi) is 7.82. The Morgan fingerprint density at radius 3 is 2.29 bits per heavy atom. The van der Waals surface area contributed by atoms with Gasteiger partial charge in [-0.25, -0.2) is 0 Å². The van der Waals surface area contributed by atoms with Crippen LogP contribution in [0.1, 0.15) is 45.5 Å². The number of hydrogen-bond donors (Lipinski definition) is 0. The van der Waals surface area contributed by atoms with E-state index < -0.39 is 6.29 Å². The van der Waals surface area contributed by atoms with Crippen LogP contribution in [0, 0.1) is 11.8 Å². The summed E-state index contributed by atoms with van der Waals surface area (Å²) < 4.78 is 30.3. The molecule has 1 unspecified atom stereocenters. The zero-order chi connectivity index (χ0) is 22.0. The van der Waals surface area contributed by atoms with Gasteiger partial charge in [0, 0.05) is 25.0 Å². The van der Waals surface area contributed by atoms with Crippen LogP contribution in [0.2, 0.25) is 0 Å². The first-order valence-electron chi connectivity index (χ1n) is 11.3. The van der Waals surface area contributed by atoms with Crippen LogP contribution in [0.25, 0.3) is 0 Å². The van der Waals surface area contributed by atoms with Crippen molar-refractivity contribution < 1.29 is 23.7 Å². The maximum atomic E-state index is 6.65. The van der Waals surface area contributed by atoms with Gasteiger partial charge in [0.25, 0.3) is 0 Å². The van der Waals surface area contributed by atoms with Gasteiger partial charge in [0.05, 0.1) is 36.1 Å². The van der Waals surface area contributed by atoms with E-state index in [9.17, 15) is 0 Å². The fourth-order valence-corrected chi connectivity index (χ4v) is 8.35. The molecule has 4 rings (SSSR count). The van der Waals surface area contributed by atoms with E-state index in [4.69, 9.17) is 23.7 Å². The highest BCUT2D eigenvalue weighted by atomic mass is 32.2. The minimum Gasteiger partial charge on any atom is -0.497 e. The molecule has 0 aliphatic carbocycles. The molecule has 3 aliphatic rings. The number of rotatable bonds is 8. The van der Waals surface area contributed by atoms with Gasteiger partial charge in [-0.05, 0) is 36.0 Å². The number of methoxy groups -OCH3 is 2. The SMILES string of the molecule is COc1ccc(C2O[C@H](C(C)C)[C@H](OC)[13C@H]([13CH2]C3([13C@H](C)[13C@H]4CO4)SCCCS3)O2)cc1. The van der Waals surface area contributed by atoms with Crippen molar-refractivity contribution in [3.63, 3.8) is 0 Å². The van der Waals surface area contributed by atoms with Crippen LogP contribution < -0.4 is 4.74 Å². The third-order valence-electron chi connectivity index (χ3n) is 6.66. The molecule has 5 nitrogen and oxygen atoms in total. The lowest BCUT2D eigenvalue weighted by Crippen LogP contribution is -2.53. The molecule has 0 aromatic heterocycles. The van der Waals surface area contributed by atoms with E-state index in [1.54, 1.807) is 14.2 Å². The molecule has 6 atom stereocenters. The quantitative estimate of drug-likeness (QED) is 0.383.